The summed E-state index contributed by atoms with van der Waals surface area (Å²) in [6.07, 6.45) is 0.479. The maximum absolute atomic E-state index is 11.5. The number of hydrogen-bond donors (Lipinski definition) is 1. The molecule has 3 nitrogen and oxygen atoms in total. The fourth-order valence-corrected chi connectivity index (χ4v) is 2.78. The smallest absolute Gasteiger partial charge is 0.225 e. The molecule has 2 N–H and O–H groups in total. The van der Waals surface area contributed by atoms with E-state index in [1.807, 2.05) is 18.2 Å². The molecule has 0 aliphatic carbocycles. The summed E-state index contributed by atoms with van der Waals surface area (Å²) >= 11 is 5.90. The van der Waals surface area contributed by atoms with E-state index in [1.54, 1.807) is 24.3 Å². The van der Waals surface area contributed by atoms with E-state index >= 15 is 0 Å². The summed E-state index contributed by atoms with van der Waals surface area (Å²) in [4.78, 5) is 0.157. The zero-order valence-corrected chi connectivity index (χ0v) is 11.1. The summed E-state index contributed by atoms with van der Waals surface area (Å²) in [7, 11) is -3.70. The van der Waals surface area contributed by atoms with Crippen LogP contribution in [0.3, 0.4) is 0 Å². The molecule has 2 rings (SSSR count). The standard InChI is InChI=1S/C13H12ClNO2S/c14-12-6-3-4-10(9-12)8-11-5-1-2-7-13(11)18(15,16)17/h1-7,9H,8H2,(H2,15,16,17). The van der Waals surface area contributed by atoms with Gasteiger partial charge in [0.25, 0.3) is 0 Å². The van der Waals surface area contributed by atoms with Crippen molar-refractivity contribution >= 4 is 21.6 Å². The molecule has 0 radical (unpaired) electrons. The van der Waals surface area contributed by atoms with Crippen molar-refractivity contribution in [2.24, 2.45) is 5.14 Å². The molecule has 0 atom stereocenters. The zero-order valence-electron chi connectivity index (χ0n) is 9.51. The van der Waals surface area contributed by atoms with Crippen LogP contribution in [0.15, 0.2) is 53.4 Å². The van der Waals surface area contributed by atoms with Gasteiger partial charge in [-0.05, 0) is 35.7 Å². The first-order valence-corrected chi connectivity index (χ1v) is 7.24. The number of primary sulfonamides is 1. The summed E-state index contributed by atoms with van der Waals surface area (Å²) in [5.74, 6) is 0. The van der Waals surface area contributed by atoms with Crippen molar-refractivity contribution in [2.75, 3.05) is 0 Å². The monoisotopic (exact) mass is 281 g/mol. The number of rotatable bonds is 3. The van der Waals surface area contributed by atoms with E-state index in [0.717, 1.165) is 5.56 Å². The average Bonchev–Trinajstić information content (AvgIpc) is 2.28. The molecule has 0 unspecified atom stereocenters. The predicted octanol–water partition coefficient (Wildman–Crippen LogP) is 2.58. The normalized spacial score (nSPS) is 11.4. The minimum atomic E-state index is -3.70. The summed E-state index contributed by atoms with van der Waals surface area (Å²) in [6.45, 7) is 0. The van der Waals surface area contributed by atoms with Gasteiger partial charge in [-0.25, -0.2) is 13.6 Å². The highest BCUT2D eigenvalue weighted by molar-refractivity contribution is 7.89. The first-order valence-electron chi connectivity index (χ1n) is 5.32. The Hall–Kier alpha value is -1.36. The van der Waals surface area contributed by atoms with Crippen LogP contribution in [-0.4, -0.2) is 8.42 Å². The number of halogens is 1. The quantitative estimate of drug-likeness (QED) is 0.940. The molecule has 0 aliphatic rings. The Kier molecular flexibility index (Phi) is 3.71. The van der Waals surface area contributed by atoms with Crippen molar-refractivity contribution in [1.29, 1.82) is 0 Å². The van der Waals surface area contributed by atoms with Gasteiger partial charge >= 0.3 is 0 Å². The first-order chi connectivity index (χ1) is 8.47. The lowest BCUT2D eigenvalue weighted by molar-refractivity contribution is 0.597. The predicted molar refractivity (Wildman–Crippen MR) is 72.1 cm³/mol. The van der Waals surface area contributed by atoms with E-state index in [2.05, 4.69) is 0 Å². The Morgan fingerprint density at radius 2 is 1.78 bits per heavy atom. The topological polar surface area (TPSA) is 60.2 Å². The molecule has 0 spiro atoms. The second kappa shape index (κ2) is 5.10. The highest BCUT2D eigenvalue weighted by Gasteiger charge is 2.13. The maximum Gasteiger partial charge on any atom is 0.238 e. The maximum atomic E-state index is 11.5. The summed E-state index contributed by atoms with van der Waals surface area (Å²) in [6, 6.07) is 14.0. The van der Waals surface area contributed by atoms with E-state index in [-0.39, 0.29) is 4.90 Å². The molecule has 5 heteroatoms. The molecule has 0 aromatic heterocycles. The molecule has 0 heterocycles. The lowest BCUT2D eigenvalue weighted by Crippen LogP contribution is -2.14. The second-order valence-corrected chi connectivity index (χ2v) is 5.93. The average molecular weight is 282 g/mol. The molecule has 2 aromatic rings. The van der Waals surface area contributed by atoms with Crippen LogP contribution < -0.4 is 5.14 Å². The van der Waals surface area contributed by atoms with Crippen LogP contribution in [0, 0.1) is 0 Å². The molecule has 0 aliphatic heterocycles. The fourth-order valence-electron chi connectivity index (χ4n) is 1.79. The molecule has 0 saturated heterocycles. The van der Waals surface area contributed by atoms with Crippen molar-refractivity contribution in [3.05, 3.63) is 64.7 Å². The SMILES string of the molecule is NS(=O)(=O)c1ccccc1Cc1cccc(Cl)c1. The Morgan fingerprint density at radius 1 is 1.06 bits per heavy atom. The van der Waals surface area contributed by atoms with Gasteiger partial charge in [-0.2, -0.15) is 0 Å². The van der Waals surface area contributed by atoms with Crippen molar-refractivity contribution in [1.82, 2.24) is 0 Å². The van der Waals surface area contributed by atoms with Gasteiger partial charge in [0, 0.05) is 5.02 Å². The molecule has 0 amide bonds. The Morgan fingerprint density at radius 3 is 2.44 bits per heavy atom. The number of benzene rings is 2. The van der Waals surface area contributed by atoms with Gasteiger partial charge in [0.15, 0.2) is 0 Å². The van der Waals surface area contributed by atoms with Crippen LogP contribution in [0.4, 0.5) is 0 Å². The van der Waals surface area contributed by atoms with Gasteiger partial charge in [0.05, 0.1) is 4.90 Å². The van der Waals surface area contributed by atoms with Crippen molar-refractivity contribution in [3.8, 4) is 0 Å². The zero-order chi connectivity index (χ0) is 13.2. The van der Waals surface area contributed by atoms with E-state index in [1.165, 1.54) is 6.07 Å². The lowest BCUT2D eigenvalue weighted by atomic mass is 10.1. The molecule has 0 saturated carbocycles. The Labute approximate surface area is 111 Å². The third-order valence-corrected chi connectivity index (χ3v) is 3.81. The van der Waals surface area contributed by atoms with Crippen molar-refractivity contribution in [3.63, 3.8) is 0 Å². The van der Waals surface area contributed by atoms with Crippen LogP contribution >= 0.6 is 11.6 Å². The molecular weight excluding hydrogens is 270 g/mol. The van der Waals surface area contributed by atoms with Crippen LogP contribution in [0.25, 0.3) is 0 Å². The van der Waals surface area contributed by atoms with E-state index in [0.29, 0.717) is 17.0 Å². The third kappa shape index (κ3) is 3.10. The summed E-state index contributed by atoms with van der Waals surface area (Å²) < 4.78 is 22.9. The Balaban J connectivity index is 2.41. The minimum Gasteiger partial charge on any atom is -0.225 e. The van der Waals surface area contributed by atoms with Crippen LogP contribution in [0.2, 0.25) is 5.02 Å². The van der Waals surface area contributed by atoms with Gasteiger partial charge < -0.3 is 0 Å². The molecule has 94 valence electrons. The second-order valence-electron chi connectivity index (χ2n) is 3.96. The fraction of sp³-hybridized carbons (Fsp3) is 0.0769. The molecular formula is C13H12ClNO2S. The molecule has 0 fully saturated rings. The Bertz CT molecular complexity index is 668. The van der Waals surface area contributed by atoms with Crippen molar-refractivity contribution < 1.29 is 8.42 Å². The largest absolute Gasteiger partial charge is 0.238 e. The number of hydrogen-bond acceptors (Lipinski definition) is 2. The molecule has 18 heavy (non-hydrogen) atoms. The van der Waals surface area contributed by atoms with Gasteiger partial charge in [-0.3, -0.25) is 0 Å². The highest BCUT2D eigenvalue weighted by atomic mass is 35.5. The minimum absolute atomic E-state index is 0.157. The van der Waals surface area contributed by atoms with Crippen LogP contribution in [0.5, 0.6) is 0 Å². The van der Waals surface area contributed by atoms with Crippen LogP contribution in [-0.2, 0) is 16.4 Å². The van der Waals surface area contributed by atoms with Gasteiger partial charge in [-0.15, -0.1) is 0 Å². The first kappa shape index (κ1) is 13.1. The van der Waals surface area contributed by atoms with Gasteiger partial charge in [0.2, 0.25) is 10.0 Å². The van der Waals surface area contributed by atoms with Crippen LogP contribution in [0.1, 0.15) is 11.1 Å². The van der Waals surface area contributed by atoms with Gasteiger partial charge in [-0.1, -0.05) is 41.9 Å². The van der Waals surface area contributed by atoms with E-state index in [4.69, 9.17) is 16.7 Å². The van der Waals surface area contributed by atoms with E-state index < -0.39 is 10.0 Å². The van der Waals surface area contributed by atoms with Crippen molar-refractivity contribution in [2.45, 2.75) is 11.3 Å². The highest BCUT2D eigenvalue weighted by Crippen LogP contribution is 2.19. The molecule has 2 aromatic carbocycles. The number of sulfonamides is 1. The third-order valence-electron chi connectivity index (χ3n) is 2.56. The lowest BCUT2D eigenvalue weighted by Gasteiger charge is -2.07. The summed E-state index contributed by atoms with van der Waals surface area (Å²) in [5, 5.41) is 5.81. The molecule has 0 bridgehead atoms. The number of nitrogens with two attached hydrogens (primary N) is 1. The van der Waals surface area contributed by atoms with Gasteiger partial charge in [0.1, 0.15) is 0 Å². The summed E-state index contributed by atoms with van der Waals surface area (Å²) in [5.41, 5.74) is 1.61. The van der Waals surface area contributed by atoms with E-state index in [9.17, 15) is 8.42 Å².